The van der Waals surface area contributed by atoms with Crippen molar-refractivity contribution in [2.75, 3.05) is 35.0 Å². The molecule has 1 aliphatic carbocycles. The third-order valence-corrected chi connectivity index (χ3v) is 10.9. The van der Waals surface area contributed by atoms with Crippen molar-refractivity contribution in [3.05, 3.63) is 122 Å². The minimum Gasteiger partial charge on any atom is -0.497 e. The average molecular weight is 711 g/mol. The lowest BCUT2D eigenvalue weighted by Gasteiger charge is -2.42. The molecule has 0 amide bonds. The van der Waals surface area contributed by atoms with Gasteiger partial charge in [0.1, 0.15) is 18.1 Å². The minimum atomic E-state index is -4.26. The third-order valence-electron chi connectivity index (χ3n) is 8.84. The summed E-state index contributed by atoms with van der Waals surface area (Å²) in [7, 11) is 1.91. The molecule has 13 heteroatoms. The van der Waals surface area contributed by atoms with E-state index < -0.39 is 32.3 Å². The number of nitro groups is 1. The van der Waals surface area contributed by atoms with Crippen LogP contribution < -0.4 is 14.2 Å². The molecule has 0 unspecified atom stereocenters. The second-order valence-electron chi connectivity index (χ2n) is 11.8. The number of nitrogens with zero attached hydrogens (tertiary/aromatic N) is 2. The molecule has 0 radical (unpaired) electrons. The van der Waals surface area contributed by atoms with Crippen molar-refractivity contribution in [3.63, 3.8) is 0 Å². The van der Waals surface area contributed by atoms with E-state index in [4.69, 9.17) is 35.3 Å². The van der Waals surface area contributed by atoms with Gasteiger partial charge in [-0.15, -0.1) is 0 Å². The van der Waals surface area contributed by atoms with Gasteiger partial charge >= 0.3 is 5.69 Å². The first-order chi connectivity index (χ1) is 23.5. The zero-order chi connectivity index (χ0) is 35.2. The largest absolute Gasteiger partial charge is 0.497 e. The standard InChI is InChI=1S/C36H39ClN2O9S/c1-44-29-12-7-25(8-13-29)22-38(23-26-9-14-30(45-2)15-10-26)49(42,43)31-16-18-34(33(21-31)39(40)41)48-24-36(35(46-3)47-4)19-5-6-27-20-28(37)11-17-32(27)36/h7-18,20-21,35H,5-6,19,22-24H2,1-4H3/t36-/m0/s1. The molecule has 11 nitrogen and oxygen atoms in total. The summed E-state index contributed by atoms with van der Waals surface area (Å²) in [6.07, 6.45) is 1.49. The molecule has 0 spiro atoms. The van der Waals surface area contributed by atoms with Crippen LogP contribution in [-0.2, 0) is 44.4 Å². The Morgan fingerprint density at radius 1 is 0.857 bits per heavy atom. The summed E-state index contributed by atoms with van der Waals surface area (Å²) in [6.45, 7) is -0.0144. The molecular weight excluding hydrogens is 672 g/mol. The van der Waals surface area contributed by atoms with Gasteiger partial charge in [-0.3, -0.25) is 10.1 Å². The molecular formula is C36H39ClN2O9S. The van der Waals surface area contributed by atoms with Gasteiger partial charge in [0.15, 0.2) is 12.0 Å². The summed E-state index contributed by atoms with van der Waals surface area (Å²) in [5, 5.41) is 13.0. The number of benzene rings is 4. The van der Waals surface area contributed by atoms with E-state index in [1.54, 1.807) is 68.8 Å². The Balaban J connectivity index is 1.49. The number of aryl methyl sites for hydroxylation is 1. The zero-order valence-electron chi connectivity index (χ0n) is 27.8. The van der Waals surface area contributed by atoms with Gasteiger partial charge in [0, 0.05) is 38.4 Å². The van der Waals surface area contributed by atoms with Crippen LogP contribution in [0.25, 0.3) is 0 Å². The molecule has 1 aliphatic rings. The van der Waals surface area contributed by atoms with E-state index in [1.165, 1.54) is 30.7 Å². The molecule has 5 rings (SSSR count). The molecule has 0 aliphatic heterocycles. The molecule has 0 heterocycles. The first-order valence-corrected chi connectivity index (χ1v) is 17.4. The van der Waals surface area contributed by atoms with Gasteiger partial charge in [-0.25, -0.2) is 8.42 Å². The van der Waals surface area contributed by atoms with Gasteiger partial charge in [-0.1, -0.05) is 41.9 Å². The lowest BCUT2D eigenvalue weighted by molar-refractivity contribution is -0.386. The molecule has 0 N–H and O–H groups in total. The van der Waals surface area contributed by atoms with Crippen LogP contribution >= 0.6 is 11.6 Å². The average Bonchev–Trinajstić information content (AvgIpc) is 3.11. The summed E-state index contributed by atoms with van der Waals surface area (Å²) < 4.78 is 57.9. The number of fused-ring (bicyclic) bond motifs is 1. The summed E-state index contributed by atoms with van der Waals surface area (Å²) in [6, 6.07) is 23.4. The molecule has 0 aromatic heterocycles. The molecule has 0 saturated carbocycles. The van der Waals surface area contributed by atoms with Gasteiger partial charge in [0.05, 0.1) is 29.5 Å². The summed E-state index contributed by atoms with van der Waals surface area (Å²) in [5.74, 6) is 1.18. The maximum atomic E-state index is 14.2. The van der Waals surface area contributed by atoms with Crippen LogP contribution in [0, 0.1) is 10.1 Å². The molecule has 1 atom stereocenters. The van der Waals surface area contributed by atoms with Crippen LogP contribution in [0.15, 0.2) is 89.8 Å². The molecule has 0 saturated heterocycles. The first-order valence-electron chi connectivity index (χ1n) is 15.6. The fourth-order valence-electron chi connectivity index (χ4n) is 6.37. The zero-order valence-corrected chi connectivity index (χ0v) is 29.3. The highest BCUT2D eigenvalue weighted by Gasteiger charge is 2.46. The van der Waals surface area contributed by atoms with Crippen molar-refractivity contribution in [3.8, 4) is 17.2 Å². The van der Waals surface area contributed by atoms with E-state index in [1.807, 2.05) is 12.1 Å². The Bertz CT molecular complexity index is 1820. The predicted octanol–water partition coefficient (Wildman–Crippen LogP) is 6.93. The van der Waals surface area contributed by atoms with E-state index in [-0.39, 0.29) is 30.3 Å². The Morgan fingerprint density at radius 2 is 1.45 bits per heavy atom. The molecule has 0 fully saturated rings. The van der Waals surface area contributed by atoms with Crippen molar-refractivity contribution >= 4 is 27.3 Å². The number of methoxy groups -OCH3 is 4. The third kappa shape index (κ3) is 7.84. The Morgan fingerprint density at radius 3 is 1.98 bits per heavy atom. The van der Waals surface area contributed by atoms with E-state index in [2.05, 4.69) is 0 Å². The minimum absolute atomic E-state index is 0.00573. The highest BCUT2D eigenvalue weighted by molar-refractivity contribution is 7.89. The number of nitro benzene ring substituents is 1. The van der Waals surface area contributed by atoms with Crippen molar-refractivity contribution < 1.29 is 37.0 Å². The normalized spacial score (nSPS) is 16.0. The van der Waals surface area contributed by atoms with Gasteiger partial charge in [-0.2, -0.15) is 4.31 Å². The number of hydrogen-bond acceptors (Lipinski definition) is 9. The van der Waals surface area contributed by atoms with Crippen LogP contribution in [0.5, 0.6) is 17.2 Å². The van der Waals surface area contributed by atoms with Crippen LogP contribution in [0.1, 0.15) is 35.1 Å². The number of sulfonamides is 1. The number of halogens is 1. The lowest BCUT2D eigenvalue weighted by Crippen LogP contribution is -2.49. The van der Waals surface area contributed by atoms with E-state index in [0.717, 1.165) is 30.0 Å². The lowest BCUT2D eigenvalue weighted by atomic mass is 9.69. The summed E-state index contributed by atoms with van der Waals surface area (Å²) in [5.41, 5.74) is 2.06. The molecule has 4 aromatic rings. The SMILES string of the molecule is COc1ccc(CN(Cc2ccc(OC)cc2)S(=O)(=O)c2ccc(OC[C@@]3(C(OC)OC)CCCc4cc(Cl)ccc43)c([N+](=O)[O-])c2)cc1. The quantitative estimate of drug-likeness (QED) is 0.0733. The van der Waals surface area contributed by atoms with Crippen LogP contribution in [0.2, 0.25) is 5.02 Å². The number of rotatable bonds is 15. The molecule has 4 aromatic carbocycles. The second kappa shape index (κ2) is 15.6. The Kier molecular flexibility index (Phi) is 11.5. The number of ether oxygens (including phenoxy) is 5. The molecule has 260 valence electrons. The van der Waals surface area contributed by atoms with E-state index >= 15 is 0 Å². The van der Waals surface area contributed by atoms with Gasteiger partial charge in [0.25, 0.3) is 0 Å². The fourth-order valence-corrected chi connectivity index (χ4v) is 8.00. The summed E-state index contributed by atoms with van der Waals surface area (Å²) >= 11 is 6.30. The highest BCUT2D eigenvalue weighted by atomic mass is 35.5. The fraction of sp³-hybridized carbons (Fsp3) is 0.333. The van der Waals surface area contributed by atoms with E-state index in [0.29, 0.717) is 34.1 Å². The van der Waals surface area contributed by atoms with Gasteiger partial charge in [0.2, 0.25) is 10.0 Å². The van der Waals surface area contributed by atoms with Crippen LogP contribution in [0.4, 0.5) is 5.69 Å². The smallest absolute Gasteiger partial charge is 0.312 e. The topological polar surface area (TPSA) is 127 Å². The van der Waals surface area contributed by atoms with Gasteiger partial charge < -0.3 is 23.7 Å². The van der Waals surface area contributed by atoms with Crippen LogP contribution in [-0.4, -0.2) is 59.0 Å². The molecule has 49 heavy (non-hydrogen) atoms. The van der Waals surface area contributed by atoms with Crippen molar-refractivity contribution in [2.45, 2.75) is 49.0 Å². The van der Waals surface area contributed by atoms with Crippen LogP contribution in [0.3, 0.4) is 0 Å². The monoisotopic (exact) mass is 710 g/mol. The Hall–Kier alpha value is -4.20. The second-order valence-corrected chi connectivity index (χ2v) is 14.1. The maximum absolute atomic E-state index is 14.2. The highest BCUT2D eigenvalue weighted by Crippen LogP contribution is 2.44. The number of hydrogen-bond donors (Lipinski definition) is 0. The van der Waals surface area contributed by atoms with Crippen molar-refractivity contribution in [1.82, 2.24) is 4.31 Å². The maximum Gasteiger partial charge on any atom is 0.312 e. The first kappa shape index (κ1) is 36.1. The van der Waals surface area contributed by atoms with Crippen molar-refractivity contribution in [1.29, 1.82) is 0 Å². The predicted molar refractivity (Wildman–Crippen MR) is 185 cm³/mol. The molecule has 0 bridgehead atoms. The van der Waals surface area contributed by atoms with E-state index in [9.17, 15) is 18.5 Å². The van der Waals surface area contributed by atoms with Gasteiger partial charge in [-0.05, 0) is 90.0 Å². The van der Waals surface area contributed by atoms with Crippen molar-refractivity contribution in [2.24, 2.45) is 0 Å². The summed E-state index contributed by atoms with van der Waals surface area (Å²) in [4.78, 5) is 11.5. The Labute approximate surface area is 291 Å².